The lowest BCUT2D eigenvalue weighted by molar-refractivity contribution is -0.244. The molecule has 0 bridgehead atoms. The Bertz CT molecular complexity index is 718. The van der Waals surface area contributed by atoms with Crippen molar-refractivity contribution < 1.29 is 24.9 Å². The van der Waals surface area contributed by atoms with E-state index in [0.29, 0.717) is 31.3 Å². The third-order valence-electron chi connectivity index (χ3n) is 10.0. The van der Waals surface area contributed by atoms with Gasteiger partial charge in [-0.15, -0.1) is 0 Å². The average Bonchev–Trinajstić information content (AvgIpc) is 3.19. The van der Waals surface area contributed by atoms with Crippen molar-refractivity contribution in [2.24, 2.45) is 34.5 Å². The van der Waals surface area contributed by atoms with Gasteiger partial charge in [0.05, 0.1) is 17.8 Å². The summed E-state index contributed by atoms with van der Waals surface area (Å²) < 4.78 is 5.16. The molecule has 4 saturated carbocycles. The zero-order valence-corrected chi connectivity index (χ0v) is 17.1. The molecular weight excluding hydrogens is 356 g/mol. The van der Waals surface area contributed by atoms with Gasteiger partial charge in [-0.1, -0.05) is 13.8 Å². The highest BCUT2D eigenvalue weighted by molar-refractivity contribution is 5.85. The number of aliphatic hydroxyl groups excluding tert-OH is 2. The Morgan fingerprint density at radius 2 is 1.82 bits per heavy atom. The van der Waals surface area contributed by atoms with Crippen molar-refractivity contribution in [3.63, 3.8) is 0 Å². The van der Waals surface area contributed by atoms with E-state index in [1.54, 1.807) is 6.08 Å². The van der Waals surface area contributed by atoms with Gasteiger partial charge in [-0.3, -0.25) is 0 Å². The molecule has 0 aromatic rings. The number of carbonyl (C=O) groups excluding carboxylic acids is 1. The molecule has 0 amide bonds. The molecule has 5 nitrogen and oxygen atoms in total. The Labute approximate surface area is 167 Å². The highest BCUT2D eigenvalue weighted by atomic mass is 16.5. The van der Waals surface area contributed by atoms with E-state index in [-0.39, 0.29) is 29.3 Å². The minimum absolute atomic E-state index is 0.00129. The molecule has 5 aliphatic rings. The maximum atomic E-state index is 12.1. The first-order chi connectivity index (χ1) is 13.2. The van der Waals surface area contributed by atoms with Crippen molar-refractivity contribution in [3.05, 3.63) is 11.6 Å². The second-order valence-electron chi connectivity index (χ2n) is 10.8. The van der Waals surface area contributed by atoms with E-state index in [1.807, 2.05) is 6.92 Å². The van der Waals surface area contributed by atoms with Gasteiger partial charge in [-0.25, -0.2) is 4.79 Å². The number of hydrogen-bond donors (Lipinski definition) is 3. The van der Waals surface area contributed by atoms with Crippen molar-refractivity contribution in [1.29, 1.82) is 0 Å². The number of aliphatic hydroxyl groups is 3. The number of fused-ring (bicyclic) bond motifs is 5. The Hall–Kier alpha value is -0.910. The number of esters is 1. The first-order valence-electron chi connectivity index (χ1n) is 11.2. The molecule has 3 N–H and O–H groups in total. The summed E-state index contributed by atoms with van der Waals surface area (Å²) in [5.41, 5.74) is -0.507. The maximum Gasteiger partial charge on any atom is 0.331 e. The molecule has 156 valence electrons. The van der Waals surface area contributed by atoms with Crippen LogP contribution in [0.3, 0.4) is 0 Å². The summed E-state index contributed by atoms with van der Waals surface area (Å²) >= 11 is 0. The molecule has 5 heteroatoms. The minimum atomic E-state index is -0.906. The average molecular weight is 391 g/mol. The van der Waals surface area contributed by atoms with Crippen LogP contribution >= 0.6 is 0 Å². The fourth-order valence-corrected chi connectivity index (χ4v) is 8.37. The molecule has 1 aliphatic heterocycles. The van der Waals surface area contributed by atoms with Crippen LogP contribution in [0, 0.1) is 34.5 Å². The van der Waals surface area contributed by atoms with Crippen LogP contribution in [0.25, 0.3) is 0 Å². The molecule has 4 aliphatic carbocycles. The molecule has 0 radical (unpaired) electrons. The molecule has 0 spiro atoms. The number of cyclic esters (lactones) is 1. The van der Waals surface area contributed by atoms with Gasteiger partial charge in [-0.2, -0.15) is 0 Å². The van der Waals surface area contributed by atoms with Crippen molar-refractivity contribution in [3.8, 4) is 0 Å². The minimum Gasteiger partial charge on any atom is -0.458 e. The summed E-state index contributed by atoms with van der Waals surface area (Å²) in [5, 5.41) is 33.7. The molecular formula is C23H34O5. The van der Waals surface area contributed by atoms with Crippen LogP contribution in [-0.2, 0) is 9.53 Å². The summed E-state index contributed by atoms with van der Waals surface area (Å²) in [6.07, 6.45) is 7.69. The maximum absolute atomic E-state index is 12.1. The van der Waals surface area contributed by atoms with E-state index in [9.17, 15) is 20.1 Å². The van der Waals surface area contributed by atoms with Crippen LogP contribution in [0.15, 0.2) is 11.6 Å². The second kappa shape index (κ2) is 6.05. The number of hydrogen-bond acceptors (Lipinski definition) is 5. The van der Waals surface area contributed by atoms with Gasteiger partial charge >= 0.3 is 5.97 Å². The number of carbonyl (C=O) groups is 1. The summed E-state index contributed by atoms with van der Waals surface area (Å²) in [5.74, 6) is 0.657. The van der Waals surface area contributed by atoms with Gasteiger partial charge in [0.25, 0.3) is 0 Å². The van der Waals surface area contributed by atoms with E-state index in [2.05, 4.69) is 6.92 Å². The number of rotatable bonds is 1. The molecule has 9 atom stereocenters. The van der Waals surface area contributed by atoms with Crippen molar-refractivity contribution >= 4 is 5.97 Å². The van der Waals surface area contributed by atoms with Gasteiger partial charge in [0.2, 0.25) is 0 Å². The lowest BCUT2D eigenvalue weighted by Gasteiger charge is -2.64. The predicted octanol–water partition coefficient (Wildman–Crippen LogP) is 2.58. The molecule has 28 heavy (non-hydrogen) atoms. The third-order valence-corrected chi connectivity index (χ3v) is 10.0. The van der Waals surface area contributed by atoms with Crippen LogP contribution in [0.1, 0.15) is 65.2 Å². The van der Waals surface area contributed by atoms with E-state index in [1.165, 1.54) is 0 Å². The summed E-state index contributed by atoms with van der Waals surface area (Å²) in [6, 6.07) is 0. The SMILES string of the molecule is C[C@@]12CC[C@H](O)C[C@@H]1CC[C@@H]1[C@@H]2C[C@H](O)[C@@]2(C)[C@@H](C3=CC(=O)OC3)CC[C@]12O. The van der Waals surface area contributed by atoms with E-state index < -0.39 is 17.1 Å². The molecule has 0 saturated heterocycles. The van der Waals surface area contributed by atoms with E-state index in [0.717, 1.165) is 44.1 Å². The highest BCUT2D eigenvalue weighted by Crippen LogP contribution is 2.69. The third kappa shape index (κ3) is 2.27. The zero-order chi connectivity index (χ0) is 19.9. The van der Waals surface area contributed by atoms with Gasteiger partial charge in [-0.05, 0) is 86.0 Å². The monoisotopic (exact) mass is 390 g/mol. The van der Waals surface area contributed by atoms with Gasteiger partial charge in [0.15, 0.2) is 0 Å². The normalized spacial score (nSPS) is 55.8. The molecule has 0 unspecified atom stereocenters. The Balaban J connectivity index is 1.51. The quantitative estimate of drug-likeness (QED) is 0.599. The van der Waals surface area contributed by atoms with Crippen LogP contribution in [0.5, 0.6) is 0 Å². The molecule has 0 aromatic carbocycles. The fourth-order valence-electron chi connectivity index (χ4n) is 8.37. The van der Waals surface area contributed by atoms with Gasteiger partial charge in [0, 0.05) is 11.5 Å². The van der Waals surface area contributed by atoms with Crippen LogP contribution < -0.4 is 0 Å². The lowest BCUT2D eigenvalue weighted by Crippen LogP contribution is -2.67. The first kappa shape index (κ1) is 19.1. The van der Waals surface area contributed by atoms with Gasteiger partial charge in [0.1, 0.15) is 6.61 Å². The van der Waals surface area contributed by atoms with Gasteiger partial charge < -0.3 is 20.1 Å². The highest BCUT2D eigenvalue weighted by Gasteiger charge is 2.70. The van der Waals surface area contributed by atoms with E-state index >= 15 is 0 Å². The molecule has 5 rings (SSSR count). The molecule has 0 aromatic heterocycles. The van der Waals surface area contributed by atoms with Crippen molar-refractivity contribution in [2.75, 3.05) is 6.61 Å². The van der Waals surface area contributed by atoms with Crippen LogP contribution in [0.4, 0.5) is 0 Å². The largest absolute Gasteiger partial charge is 0.458 e. The zero-order valence-electron chi connectivity index (χ0n) is 17.1. The van der Waals surface area contributed by atoms with Crippen LogP contribution in [-0.4, -0.2) is 45.7 Å². The summed E-state index contributed by atoms with van der Waals surface area (Å²) in [7, 11) is 0. The van der Waals surface area contributed by atoms with Crippen molar-refractivity contribution in [1.82, 2.24) is 0 Å². The second-order valence-corrected chi connectivity index (χ2v) is 10.8. The molecule has 4 fully saturated rings. The smallest absolute Gasteiger partial charge is 0.331 e. The first-order valence-corrected chi connectivity index (χ1v) is 11.2. The standard InChI is InChI=1S/C23H34O5/c1-21-7-5-15(24)10-14(21)3-4-17-18(21)11-19(25)22(2)16(6-8-23(17,22)27)13-9-20(26)28-12-13/h9,14-19,24-25,27H,3-8,10-12H2,1-2H3/t14-,15-,16+,17+,18-,19-,21+,22+,23-/m0/s1. The lowest BCUT2D eigenvalue weighted by atomic mass is 9.42. The molecule has 1 heterocycles. The Morgan fingerprint density at radius 1 is 1.04 bits per heavy atom. The number of ether oxygens (including phenoxy) is 1. The summed E-state index contributed by atoms with van der Waals surface area (Å²) in [6.45, 7) is 4.69. The summed E-state index contributed by atoms with van der Waals surface area (Å²) in [4.78, 5) is 11.6. The predicted molar refractivity (Wildman–Crippen MR) is 103 cm³/mol. The van der Waals surface area contributed by atoms with Crippen molar-refractivity contribution in [2.45, 2.75) is 83.0 Å². The topological polar surface area (TPSA) is 87.0 Å². The van der Waals surface area contributed by atoms with Crippen LogP contribution in [0.2, 0.25) is 0 Å². The van der Waals surface area contributed by atoms with E-state index in [4.69, 9.17) is 4.74 Å². The fraction of sp³-hybridized carbons (Fsp3) is 0.870. The Kier molecular flexibility index (Phi) is 4.12. The Morgan fingerprint density at radius 3 is 2.54 bits per heavy atom.